The largest absolute Gasteiger partial charge is 0.379 e. The van der Waals surface area contributed by atoms with Gasteiger partial charge in [-0.25, -0.2) is 9.61 Å². The SMILES string of the molecule is Cc1cc2nnc(-c3nonc3N)n2cn1. The Balaban J connectivity index is 2.30. The monoisotopic (exact) mass is 217 g/mol. The molecular formula is C8H7N7O. The lowest BCUT2D eigenvalue weighted by atomic mass is 10.4. The summed E-state index contributed by atoms with van der Waals surface area (Å²) in [4.78, 5) is 4.14. The van der Waals surface area contributed by atoms with Crippen LogP contribution in [-0.4, -0.2) is 29.9 Å². The Kier molecular flexibility index (Phi) is 1.64. The maximum Gasteiger partial charge on any atom is 0.199 e. The number of fused-ring (bicyclic) bond motifs is 1. The molecule has 0 unspecified atom stereocenters. The Bertz CT molecular complexity index is 655. The highest BCUT2D eigenvalue weighted by molar-refractivity contribution is 5.64. The van der Waals surface area contributed by atoms with Crippen LogP contribution in [0.4, 0.5) is 5.82 Å². The van der Waals surface area contributed by atoms with Crippen molar-refractivity contribution in [3.8, 4) is 11.5 Å². The first-order chi connectivity index (χ1) is 7.75. The van der Waals surface area contributed by atoms with Gasteiger partial charge in [-0.3, -0.25) is 4.40 Å². The molecule has 2 N–H and O–H groups in total. The summed E-state index contributed by atoms with van der Waals surface area (Å²) >= 11 is 0. The van der Waals surface area contributed by atoms with Gasteiger partial charge in [-0.05, 0) is 17.2 Å². The summed E-state index contributed by atoms with van der Waals surface area (Å²) in [7, 11) is 0. The fourth-order valence-electron chi connectivity index (χ4n) is 1.40. The molecule has 0 aromatic carbocycles. The van der Waals surface area contributed by atoms with Crippen LogP contribution in [0.25, 0.3) is 17.2 Å². The molecule has 80 valence electrons. The molecule has 0 amide bonds. The van der Waals surface area contributed by atoms with E-state index in [2.05, 4.69) is 30.1 Å². The van der Waals surface area contributed by atoms with Crippen LogP contribution < -0.4 is 5.73 Å². The van der Waals surface area contributed by atoms with Gasteiger partial charge in [-0.1, -0.05) is 0 Å². The van der Waals surface area contributed by atoms with Crippen LogP contribution in [0.15, 0.2) is 17.0 Å². The number of aromatic nitrogens is 6. The molecule has 0 spiro atoms. The third-order valence-corrected chi connectivity index (χ3v) is 2.16. The molecule has 0 saturated carbocycles. The Morgan fingerprint density at radius 3 is 2.94 bits per heavy atom. The normalized spacial score (nSPS) is 11.1. The molecule has 0 saturated heterocycles. The number of anilines is 1. The lowest BCUT2D eigenvalue weighted by Crippen LogP contribution is -1.95. The zero-order valence-corrected chi connectivity index (χ0v) is 8.32. The number of nitrogen functional groups attached to an aromatic ring is 1. The predicted molar refractivity (Wildman–Crippen MR) is 53.2 cm³/mol. The summed E-state index contributed by atoms with van der Waals surface area (Å²) in [5.74, 6) is 0.635. The molecule has 0 bridgehead atoms. The second-order valence-electron chi connectivity index (χ2n) is 3.28. The van der Waals surface area contributed by atoms with Crippen molar-refractivity contribution in [1.29, 1.82) is 0 Å². The van der Waals surface area contributed by atoms with Crippen LogP contribution in [-0.2, 0) is 0 Å². The van der Waals surface area contributed by atoms with Gasteiger partial charge in [0.25, 0.3) is 0 Å². The van der Waals surface area contributed by atoms with Crippen LogP contribution in [0.3, 0.4) is 0 Å². The lowest BCUT2D eigenvalue weighted by Gasteiger charge is -1.95. The zero-order valence-electron chi connectivity index (χ0n) is 8.32. The van der Waals surface area contributed by atoms with E-state index in [1.165, 1.54) is 0 Å². The van der Waals surface area contributed by atoms with E-state index in [0.29, 0.717) is 17.2 Å². The zero-order chi connectivity index (χ0) is 11.1. The van der Waals surface area contributed by atoms with Gasteiger partial charge in [-0.2, -0.15) is 0 Å². The first-order valence-electron chi connectivity index (χ1n) is 4.51. The van der Waals surface area contributed by atoms with Crippen molar-refractivity contribution < 1.29 is 4.63 Å². The van der Waals surface area contributed by atoms with Crippen molar-refractivity contribution in [1.82, 2.24) is 29.9 Å². The fourth-order valence-corrected chi connectivity index (χ4v) is 1.40. The molecule has 0 aliphatic rings. The topological polar surface area (TPSA) is 108 Å². The quantitative estimate of drug-likeness (QED) is 0.614. The maximum atomic E-state index is 5.58. The molecular weight excluding hydrogens is 210 g/mol. The smallest absolute Gasteiger partial charge is 0.199 e. The minimum absolute atomic E-state index is 0.176. The first-order valence-corrected chi connectivity index (χ1v) is 4.51. The van der Waals surface area contributed by atoms with Crippen molar-refractivity contribution in [2.45, 2.75) is 6.92 Å². The van der Waals surface area contributed by atoms with Crippen molar-refractivity contribution in [2.75, 3.05) is 5.73 Å². The van der Waals surface area contributed by atoms with Crippen molar-refractivity contribution >= 4 is 11.5 Å². The molecule has 3 rings (SSSR count). The number of aryl methyl sites for hydroxylation is 1. The molecule has 3 aromatic rings. The highest BCUT2D eigenvalue weighted by Gasteiger charge is 2.16. The average molecular weight is 217 g/mol. The van der Waals surface area contributed by atoms with Gasteiger partial charge in [0.2, 0.25) is 0 Å². The first kappa shape index (κ1) is 8.77. The molecule has 0 fully saturated rings. The number of rotatable bonds is 1. The van der Waals surface area contributed by atoms with Gasteiger partial charge < -0.3 is 5.73 Å². The molecule has 0 atom stereocenters. The fraction of sp³-hybridized carbons (Fsp3) is 0.125. The second kappa shape index (κ2) is 2.99. The summed E-state index contributed by atoms with van der Waals surface area (Å²) in [6.07, 6.45) is 1.61. The van der Waals surface area contributed by atoms with E-state index < -0.39 is 0 Å². The van der Waals surface area contributed by atoms with Gasteiger partial charge in [0.15, 0.2) is 23.0 Å². The lowest BCUT2D eigenvalue weighted by molar-refractivity contribution is 0.310. The summed E-state index contributed by atoms with van der Waals surface area (Å²) in [6.45, 7) is 1.88. The second-order valence-corrected chi connectivity index (χ2v) is 3.28. The van der Waals surface area contributed by atoms with E-state index >= 15 is 0 Å². The van der Waals surface area contributed by atoms with Crippen LogP contribution in [0.1, 0.15) is 5.69 Å². The molecule has 3 aromatic heterocycles. The Labute approximate surface area is 89.1 Å². The summed E-state index contributed by atoms with van der Waals surface area (Å²) in [6, 6.07) is 1.81. The molecule has 8 heteroatoms. The summed E-state index contributed by atoms with van der Waals surface area (Å²) in [5, 5.41) is 15.1. The summed E-state index contributed by atoms with van der Waals surface area (Å²) in [5.41, 5.74) is 7.47. The minimum Gasteiger partial charge on any atom is -0.379 e. The number of hydrogen-bond acceptors (Lipinski definition) is 7. The molecule has 0 aliphatic carbocycles. The minimum atomic E-state index is 0.176. The van der Waals surface area contributed by atoms with Crippen LogP contribution in [0, 0.1) is 6.92 Å². The van der Waals surface area contributed by atoms with Gasteiger partial charge in [0, 0.05) is 11.8 Å². The van der Waals surface area contributed by atoms with Crippen LogP contribution in [0.2, 0.25) is 0 Å². The van der Waals surface area contributed by atoms with Gasteiger partial charge in [0.1, 0.15) is 6.33 Å². The third kappa shape index (κ3) is 1.13. The Hall–Kier alpha value is -2.51. The maximum absolute atomic E-state index is 5.58. The third-order valence-electron chi connectivity index (χ3n) is 2.16. The Morgan fingerprint density at radius 1 is 1.31 bits per heavy atom. The average Bonchev–Trinajstić information content (AvgIpc) is 2.83. The van der Waals surface area contributed by atoms with Crippen molar-refractivity contribution in [2.24, 2.45) is 0 Å². The van der Waals surface area contributed by atoms with E-state index in [1.807, 2.05) is 6.92 Å². The van der Waals surface area contributed by atoms with Gasteiger partial charge in [-0.15, -0.1) is 10.2 Å². The molecule has 8 nitrogen and oxygen atoms in total. The van der Waals surface area contributed by atoms with Gasteiger partial charge >= 0.3 is 0 Å². The summed E-state index contributed by atoms with van der Waals surface area (Å²) < 4.78 is 6.18. The van der Waals surface area contributed by atoms with Gasteiger partial charge in [0.05, 0.1) is 0 Å². The van der Waals surface area contributed by atoms with E-state index in [-0.39, 0.29) is 5.82 Å². The number of hydrogen-bond donors (Lipinski definition) is 1. The Morgan fingerprint density at radius 2 is 2.19 bits per heavy atom. The molecule has 16 heavy (non-hydrogen) atoms. The van der Waals surface area contributed by atoms with E-state index in [4.69, 9.17) is 5.73 Å². The van der Waals surface area contributed by atoms with E-state index in [0.717, 1.165) is 5.69 Å². The van der Waals surface area contributed by atoms with Crippen LogP contribution >= 0.6 is 0 Å². The molecule has 3 heterocycles. The van der Waals surface area contributed by atoms with E-state index in [1.54, 1.807) is 16.8 Å². The number of nitrogens with zero attached hydrogens (tertiary/aromatic N) is 6. The van der Waals surface area contributed by atoms with Crippen LogP contribution in [0.5, 0.6) is 0 Å². The number of nitrogens with two attached hydrogens (primary N) is 1. The highest BCUT2D eigenvalue weighted by atomic mass is 16.6. The molecule has 0 aliphatic heterocycles. The van der Waals surface area contributed by atoms with E-state index in [9.17, 15) is 0 Å². The standard InChI is InChI=1S/C8H7N7O/c1-4-2-5-11-12-8(15(5)3-10-4)6-7(9)14-16-13-6/h2-3H,1H3,(H2,9,14). The predicted octanol–water partition coefficient (Wildman–Crippen LogP) is 0.0649. The highest BCUT2D eigenvalue weighted by Crippen LogP contribution is 2.20. The van der Waals surface area contributed by atoms with Crippen molar-refractivity contribution in [3.05, 3.63) is 18.1 Å². The van der Waals surface area contributed by atoms with Crippen molar-refractivity contribution in [3.63, 3.8) is 0 Å². The molecule has 0 radical (unpaired) electrons.